The largest absolute Gasteiger partial charge is 0.493 e. The van der Waals surface area contributed by atoms with E-state index in [1.807, 2.05) is 6.92 Å². The van der Waals surface area contributed by atoms with Crippen LogP contribution in [0.15, 0.2) is 22.3 Å². The van der Waals surface area contributed by atoms with Crippen LogP contribution < -0.4 is 9.47 Å². The molecule has 0 unspecified atom stereocenters. The molecular formula is C17H19BrN2O5S. The van der Waals surface area contributed by atoms with Gasteiger partial charge in [-0.2, -0.15) is 0 Å². The average molecular weight is 443 g/mol. The number of nitrogens with zero attached hydrogens (tertiary/aromatic N) is 2. The van der Waals surface area contributed by atoms with Gasteiger partial charge in [0.1, 0.15) is 12.2 Å². The number of benzene rings is 1. The molecule has 1 aliphatic heterocycles. The molecule has 1 aliphatic rings. The lowest BCUT2D eigenvalue weighted by molar-refractivity contribution is -0.140. The topological polar surface area (TPSA) is 68.3 Å². The maximum Gasteiger partial charge on any atom is 0.325 e. The van der Waals surface area contributed by atoms with E-state index in [4.69, 9.17) is 21.7 Å². The molecule has 0 aliphatic carbocycles. The highest BCUT2D eigenvalue weighted by Crippen LogP contribution is 2.35. The Morgan fingerprint density at radius 3 is 2.58 bits per heavy atom. The maximum absolute atomic E-state index is 12.5. The number of carbonyl (C=O) groups excluding carboxylic acids is 2. The van der Waals surface area contributed by atoms with Crippen LogP contribution in [-0.2, 0) is 14.3 Å². The van der Waals surface area contributed by atoms with Crippen molar-refractivity contribution in [1.82, 2.24) is 9.80 Å². The van der Waals surface area contributed by atoms with Crippen LogP contribution in [0.3, 0.4) is 0 Å². The zero-order valence-corrected chi connectivity index (χ0v) is 17.3. The van der Waals surface area contributed by atoms with E-state index in [-0.39, 0.29) is 23.3 Å². The Hall–Kier alpha value is -2.13. The van der Waals surface area contributed by atoms with Gasteiger partial charge in [0.2, 0.25) is 0 Å². The lowest BCUT2D eigenvalue weighted by atomic mass is 10.1. The van der Waals surface area contributed by atoms with E-state index < -0.39 is 5.97 Å². The predicted molar refractivity (Wildman–Crippen MR) is 104 cm³/mol. The number of methoxy groups -OCH3 is 2. The van der Waals surface area contributed by atoms with Gasteiger partial charge in [-0.1, -0.05) is 15.9 Å². The van der Waals surface area contributed by atoms with Crippen molar-refractivity contribution in [3.8, 4) is 11.5 Å². The first-order valence-electron chi connectivity index (χ1n) is 7.72. The molecule has 0 aromatic heterocycles. The molecular weight excluding hydrogens is 424 g/mol. The number of likely N-dealkylation sites (N-methyl/N-ethyl adjacent to an activating group) is 1. The fraction of sp³-hybridized carbons (Fsp3) is 0.353. The predicted octanol–water partition coefficient (Wildman–Crippen LogP) is 2.43. The lowest BCUT2D eigenvalue weighted by Gasteiger charge is -2.17. The van der Waals surface area contributed by atoms with Crippen LogP contribution in [0, 0.1) is 0 Å². The van der Waals surface area contributed by atoms with Gasteiger partial charge in [0.15, 0.2) is 16.6 Å². The number of esters is 1. The Morgan fingerprint density at radius 1 is 1.31 bits per heavy atom. The molecule has 1 amide bonds. The second kappa shape index (κ2) is 8.50. The number of carbonyl (C=O) groups is 2. The normalized spacial score (nSPS) is 15.7. The summed E-state index contributed by atoms with van der Waals surface area (Å²) in [5.41, 5.74) is 0.955. The van der Waals surface area contributed by atoms with Crippen molar-refractivity contribution in [3.05, 3.63) is 27.9 Å². The van der Waals surface area contributed by atoms with E-state index in [9.17, 15) is 9.59 Å². The molecule has 0 atom stereocenters. The van der Waals surface area contributed by atoms with Crippen molar-refractivity contribution in [2.24, 2.45) is 0 Å². The Bertz CT molecular complexity index is 781. The van der Waals surface area contributed by atoms with Crippen LogP contribution in [-0.4, -0.2) is 61.2 Å². The molecule has 1 heterocycles. The quantitative estimate of drug-likeness (QED) is 0.380. The summed E-state index contributed by atoms with van der Waals surface area (Å²) in [5.74, 6) is 0.312. The lowest BCUT2D eigenvalue weighted by Crippen LogP contribution is -2.33. The first-order chi connectivity index (χ1) is 12.3. The van der Waals surface area contributed by atoms with E-state index in [1.54, 1.807) is 25.3 Å². The number of amides is 1. The van der Waals surface area contributed by atoms with Gasteiger partial charge in [-0.25, -0.2) is 0 Å². The highest BCUT2D eigenvalue weighted by atomic mass is 79.9. The van der Waals surface area contributed by atoms with Gasteiger partial charge in [0.25, 0.3) is 5.91 Å². The number of hydrogen-bond donors (Lipinski definition) is 0. The molecule has 1 saturated heterocycles. The van der Waals surface area contributed by atoms with Crippen molar-refractivity contribution in [2.45, 2.75) is 6.92 Å². The van der Waals surface area contributed by atoms with Crippen LogP contribution in [0.5, 0.6) is 11.5 Å². The van der Waals surface area contributed by atoms with Crippen LogP contribution in [0.1, 0.15) is 12.5 Å². The summed E-state index contributed by atoms with van der Waals surface area (Å²) < 4.78 is 16.3. The number of halogens is 1. The molecule has 0 radical (unpaired) electrons. The summed E-state index contributed by atoms with van der Waals surface area (Å²) >= 11 is 8.74. The molecule has 140 valence electrons. The second-order valence-corrected chi connectivity index (χ2v) is 6.52. The molecule has 1 fully saturated rings. The highest BCUT2D eigenvalue weighted by Gasteiger charge is 2.36. The van der Waals surface area contributed by atoms with E-state index >= 15 is 0 Å². The van der Waals surface area contributed by atoms with Gasteiger partial charge in [0.05, 0.1) is 20.8 Å². The fourth-order valence-electron chi connectivity index (χ4n) is 2.38. The second-order valence-electron chi connectivity index (χ2n) is 5.30. The summed E-state index contributed by atoms with van der Waals surface area (Å²) in [6.45, 7) is 2.22. The van der Waals surface area contributed by atoms with Crippen molar-refractivity contribution in [1.29, 1.82) is 0 Å². The van der Waals surface area contributed by atoms with Crippen LogP contribution in [0.25, 0.3) is 6.08 Å². The highest BCUT2D eigenvalue weighted by molar-refractivity contribution is 9.10. The fourth-order valence-corrected chi connectivity index (χ4v) is 3.06. The minimum Gasteiger partial charge on any atom is -0.493 e. The molecule has 9 heteroatoms. The van der Waals surface area contributed by atoms with E-state index in [0.29, 0.717) is 28.1 Å². The van der Waals surface area contributed by atoms with Gasteiger partial charge in [-0.15, -0.1) is 0 Å². The SMILES string of the molecule is CCOc1cc(Br)c(C=C2C(=O)N(C)C(=S)N2CC(=O)OC)cc1OC. The van der Waals surface area contributed by atoms with Crippen LogP contribution >= 0.6 is 28.1 Å². The molecule has 0 saturated carbocycles. The smallest absolute Gasteiger partial charge is 0.325 e. The van der Waals surface area contributed by atoms with E-state index in [1.165, 1.54) is 24.0 Å². The van der Waals surface area contributed by atoms with Gasteiger partial charge in [0, 0.05) is 11.5 Å². The molecule has 2 rings (SSSR count). The molecule has 1 aromatic carbocycles. The third kappa shape index (κ3) is 3.99. The first-order valence-corrected chi connectivity index (χ1v) is 8.92. The van der Waals surface area contributed by atoms with Gasteiger partial charge in [-0.05, 0) is 42.9 Å². The summed E-state index contributed by atoms with van der Waals surface area (Å²) in [6.07, 6.45) is 1.64. The van der Waals surface area contributed by atoms with E-state index in [2.05, 4.69) is 20.7 Å². The third-order valence-electron chi connectivity index (χ3n) is 3.72. The van der Waals surface area contributed by atoms with Crippen molar-refractivity contribution < 1.29 is 23.8 Å². The van der Waals surface area contributed by atoms with E-state index in [0.717, 1.165) is 0 Å². The number of hydrogen-bond acceptors (Lipinski definition) is 6. The van der Waals surface area contributed by atoms with Gasteiger partial charge in [-0.3, -0.25) is 14.5 Å². The summed E-state index contributed by atoms with van der Waals surface area (Å²) in [4.78, 5) is 27.0. The Labute approximate surface area is 165 Å². The van der Waals surface area contributed by atoms with Crippen LogP contribution in [0.4, 0.5) is 0 Å². The Morgan fingerprint density at radius 2 is 2.00 bits per heavy atom. The van der Waals surface area contributed by atoms with Crippen molar-refractivity contribution in [2.75, 3.05) is 34.4 Å². The number of thiocarbonyl (C=S) groups is 1. The van der Waals surface area contributed by atoms with Crippen molar-refractivity contribution >= 4 is 51.2 Å². The monoisotopic (exact) mass is 442 g/mol. The third-order valence-corrected chi connectivity index (χ3v) is 4.90. The minimum atomic E-state index is -0.496. The molecule has 7 nitrogen and oxygen atoms in total. The zero-order chi connectivity index (χ0) is 19.4. The molecule has 0 bridgehead atoms. The Balaban J connectivity index is 2.49. The molecule has 0 spiro atoms. The van der Waals surface area contributed by atoms with Crippen LogP contribution in [0.2, 0.25) is 0 Å². The molecule has 0 N–H and O–H groups in total. The van der Waals surface area contributed by atoms with Crippen molar-refractivity contribution in [3.63, 3.8) is 0 Å². The first kappa shape index (κ1) is 20.2. The number of ether oxygens (including phenoxy) is 3. The summed E-state index contributed by atoms with van der Waals surface area (Å²) in [7, 11) is 4.38. The Kier molecular flexibility index (Phi) is 6.60. The number of rotatable bonds is 6. The summed E-state index contributed by atoms with van der Waals surface area (Å²) in [5, 5.41) is 0.237. The standard InChI is InChI=1S/C17H19BrN2O5S/c1-5-25-14-8-11(18)10(7-13(14)23-3)6-12-16(22)19(2)17(26)20(12)9-15(21)24-4/h6-8H,5,9H2,1-4H3. The van der Waals surface area contributed by atoms with Gasteiger partial charge < -0.3 is 19.1 Å². The summed E-state index contributed by atoms with van der Waals surface area (Å²) in [6, 6.07) is 3.51. The van der Waals surface area contributed by atoms with Gasteiger partial charge >= 0.3 is 5.97 Å². The minimum absolute atomic E-state index is 0.150. The molecule has 1 aromatic rings. The maximum atomic E-state index is 12.5. The zero-order valence-electron chi connectivity index (χ0n) is 14.9. The average Bonchev–Trinajstić information content (AvgIpc) is 2.81. The molecule has 26 heavy (non-hydrogen) atoms.